The summed E-state index contributed by atoms with van der Waals surface area (Å²) in [4.78, 5) is 26.7. The van der Waals surface area contributed by atoms with Crippen LogP contribution < -0.4 is 5.32 Å². The molecule has 11 nitrogen and oxygen atoms in total. The number of rotatable bonds is 59. The van der Waals surface area contributed by atoms with E-state index in [2.05, 4.69) is 111 Å². The lowest BCUT2D eigenvalue weighted by atomic mass is 9.99. The summed E-state index contributed by atoms with van der Waals surface area (Å²) in [6, 6.07) is -1.04. The third kappa shape index (κ3) is 48.2. The highest BCUT2D eigenvalue weighted by molar-refractivity contribution is 5.80. The van der Waals surface area contributed by atoms with Crippen LogP contribution in [0.1, 0.15) is 297 Å². The van der Waals surface area contributed by atoms with Gasteiger partial charge in [-0.3, -0.25) is 9.59 Å². The van der Waals surface area contributed by atoms with Gasteiger partial charge in [0.15, 0.2) is 12.4 Å². The minimum atomic E-state index is -1.63. The van der Waals surface area contributed by atoms with Gasteiger partial charge < -0.3 is 45.1 Å². The van der Waals surface area contributed by atoms with Crippen molar-refractivity contribution in [3.63, 3.8) is 0 Å². The molecule has 0 aromatic heterocycles. The molecule has 0 aromatic rings. The molecule has 0 radical (unpaired) electrons. The molecule has 0 bridgehead atoms. The molecule has 1 saturated heterocycles. The average molecular weight is 1190 g/mol. The fourth-order valence-corrected chi connectivity index (χ4v) is 10.4. The van der Waals surface area contributed by atoms with Crippen LogP contribution in [0, 0.1) is 0 Å². The Balaban J connectivity index is 2.64. The first kappa shape index (κ1) is 79.6. The highest BCUT2D eigenvalue weighted by Gasteiger charge is 2.47. The minimum absolute atomic E-state index is 0.0982. The highest BCUT2D eigenvalue weighted by atomic mass is 16.7. The molecule has 1 heterocycles. The number of unbranched alkanes of at least 4 members (excludes halogenated alkanes) is 31. The zero-order chi connectivity index (χ0) is 61.7. The van der Waals surface area contributed by atoms with Crippen LogP contribution in [0.15, 0.2) is 97.2 Å². The molecule has 1 aliphatic heterocycles. The fourth-order valence-electron chi connectivity index (χ4n) is 10.4. The Morgan fingerprint density at radius 2 is 0.812 bits per heavy atom. The molecule has 0 aliphatic carbocycles. The van der Waals surface area contributed by atoms with E-state index in [4.69, 9.17) is 14.2 Å². The molecule has 8 atom stereocenters. The summed E-state index contributed by atoms with van der Waals surface area (Å²) < 4.78 is 17.7. The summed E-state index contributed by atoms with van der Waals surface area (Å²) in [5, 5.41) is 57.2. The molecule has 11 heteroatoms. The van der Waals surface area contributed by atoms with Crippen molar-refractivity contribution in [3.8, 4) is 0 Å². The van der Waals surface area contributed by atoms with Crippen LogP contribution >= 0.6 is 0 Å². The molecule has 85 heavy (non-hydrogen) atoms. The SMILES string of the molecule is CCCCC/C=C\C/C=C\C/C=C\C/C=C\CCCCCCCC(=O)OC1C(OCC(NC(=O)C(O)CCCCCCCCCCC/C=C\C/C=C\C/C=C\CCCCC)C(O)/C=C/CCCCCCCCCCCCC)OC(CO)C(O)C1O. The number of hydrogen-bond acceptors (Lipinski definition) is 10. The zero-order valence-corrected chi connectivity index (χ0v) is 54.5. The maximum atomic E-state index is 13.5. The lowest BCUT2D eigenvalue weighted by molar-refractivity contribution is -0.305. The predicted octanol–water partition coefficient (Wildman–Crippen LogP) is 17.8. The number of hydrogen-bond donors (Lipinski definition) is 6. The maximum absolute atomic E-state index is 13.5. The molecule has 1 fully saturated rings. The molecule has 8 unspecified atom stereocenters. The van der Waals surface area contributed by atoms with Gasteiger partial charge in [0.25, 0.3) is 0 Å². The second-order valence-corrected chi connectivity index (χ2v) is 23.9. The quantitative estimate of drug-likeness (QED) is 0.0195. The Morgan fingerprint density at radius 3 is 1.24 bits per heavy atom. The lowest BCUT2D eigenvalue weighted by Crippen LogP contribution is -2.61. The third-order valence-electron chi connectivity index (χ3n) is 16.0. The largest absolute Gasteiger partial charge is 0.454 e. The molecule has 1 amide bonds. The van der Waals surface area contributed by atoms with Crippen molar-refractivity contribution in [3.05, 3.63) is 97.2 Å². The number of nitrogens with one attached hydrogen (secondary N) is 1. The van der Waals surface area contributed by atoms with Gasteiger partial charge in [-0.1, -0.05) is 279 Å². The molecular weight excluding hydrogens is 1060 g/mol. The van der Waals surface area contributed by atoms with E-state index < -0.39 is 67.4 Å². The van der Waals surface area contributed by atoms with Gasteiger partial charge in [-0.15, -0.1) is 0 Å². The summed E-state index contributed by atoms with van der Waals surface area (Å²) in [5.41, 5.74) is 0. The van der Waals surface area contributed by atoms with E-state index in [1.807, 2.05) is 6.08 Å². The van der Waals surface area contributed by atoms with Crippen LogP contribution in [0.3, 0.4) is 0 Å². The van der Waals surface area contributed by atoms with Crippen molar-refractivity contribution < 1.29 is 49.3 Å². The highest BCUT2D eigenvalue weighted by Crippen LogP contribution is 2.26. The van der Waals surface area contributed by atoms with E-state index >= 15 is 0 Å². The third-order valence-corrected chi connectivity index (χ3v) is 16.0. The van der Waals surface area contributed by atoms with Crippen LogP contribution in [0.25, 0.3) is 0 Å². The summed E-state index contributed by atoms with van der Waals surface area (Å²) >= 11 is 0. The number of esters is 1. The average Bonchev–Trinajstić information content (AvgIpc) is 2.48. The monoisotopic (exact) mass is 1190 g/mol. The fraction of sp³-hybridized carbons (Fsp3) is 0.757. The Bertz CT molecular complexity index is 1750. The molecule has 0 aromatic carbocycles. The Morgan fingerprint density at radius 1 is 0.459 bits per heavy atom. The summed E-state index contributed by atoms with van der Waals surface area (Å²) in [7, 11) is 0. The zero-order valence-electron chi connectivity index (χ0n) is 54.5. The Labute approximate surface area is 520 Å². The van der Waals surface area contributed by atoms with Gasteiger partial charge in [0, 0.05) is 6.42 Å². The molecule has 0 spiro atoms. The van der Waals surface area contributed by atoms with Crippen LogP contribution in [-0.4, -0.2) is 99.6 Å². The van der Waals surface area contributed by atoms with Crippen LogP contribution in [0.2, 0.25) is 0 Å². The number of carbonyl (C=O) groups is 2. The number of aliphatic hydroxyl groups is 5. The number of carbonyl (C=O) groups excluding carboxylic acids is 2. The second-order valence-electron chi connectivity index (χ2n) is 23.9. The molecular formula is C74H129NO10. The number of ether oxygens (including phenoxy) is 3. The lowest BCUT2D eigenvalue weighted by Gasteiger charge is -2.41. The maximum Gasteiger partial charge on any atom is 0.306 e. The molecule has 1 rings (SSSR count). The summed E-state index contributed by atoms with van der Waals surface area (Å²) in [6.45, 7) is 5.74. The van der Waals surface area contributed by atoms with E-state index in [0.29, 0.717) is 12.8 Å². The standard InChI is InChI=1S/C74H129NO10/c1-4-7-10-13-16-19-22-25-27-29-31-33-35-36-38-40-43-46-49-52-55-58-61-67(78)73(82)75-65(66(77)60-57-54-51-48-45-42-24-21-18-15-12-9-6-3)64-83-74-72(71(81)70(80)68(63-76)84-74)85-69(79)62-59-56-53-50-47-44-41-39-37-34-32-30-28-26-23-20-17-14-11-8-5-2/h16-17,19-20,25-28,31-34,39,41,57,60,65-68,70-72,74,76-78,80-81H,4-15,18,21-24,29-30,35-38,40,42-56,58-59,61-64H2,1-3H3,(H,75,82)/b19-16-,20-17-,27-25-,28-26-,33-31-,34-32-,41-39-,60-57+. The first-order chi connectivity index (χ1) is 41.7. The van der Waals surface area contributed by atoms with E-state index in [9.17, 15) is 35.1 Å². The van der Waals surface area contributed by atoms with E-state index in [-0.39, 0.29) is 19.4 Å². The Kier molecular flexibility index (Phi) is 57.0. The normalized spacial score (nSPS) is 19.0. The van der Waals surface area contributed by atoms with Crippen molar-refractivity contribution in [2.75, 3.05) is 13.2 Å². The van der Waals surface area contributed by atoms with Gasteiger partial charge in [0.1, 0.15) is 24.4 Å². The second kappa shape index (κ2) is 60.8. The van der Waals surface area contributed by atoms with Crippen molar-refractivity contribution >= 4 is 11.9 Å². The molecule has 0 saturated carbocycles. The Hall–Kier alpha value is -3.42. The smallest absolute Gasteiger partial charge is 0.306 e. The van der Waals surface area contributed by atoms with E-state index in [1.165, 1.54) is 141 Å². The molecule has 6 N–H and O–H groups in total. The number of allylic oxidation sites excluding steroid dienone is 15. The van der Waals surface area contributed by atoms with Gasteiger partial charge in [-0.25, -0.2) is 0 Å². The van der Waals surface area contributed by atoms with E-state index in [1.54, 1.807) is 6.08 Å². The summed E-state index contributed by atoms with van der Waals surface area (Å²) in [6.07, 6.45) is 71.4. The van der Waals surface area contributed by atoms with Crippen LogP contribution in [0.5, 0.6) is 0 Å². The molecule has 1 aliphatic rings. The number of aliphatic hydroxyl groups excluding tert-OH is 5. The van der Waals surface area contributed by atoms with Crippen LogP contribution in [0.4, 0.5) is 0 Å². The predicted molar refractivity (Wildman–Crippen MR) is 356 cm³/mol. The van der Waals surface area contributed by atoms with Gasteiger partial charge in [-0.05, 0) is 109 Å². The number of amides is 1. The van der Waals surface area contributed by atoms with Crippen molar-refractivity contribution in [1.29, 1.82) is 0 Å². The van der Waals surface area contributed by atoms with Crippen molar-refractivity contribution in [2.24, 2.45) is 0 Å². The summed E-state index contributed by atoms with van der Waals surface area (Å²) in [5.74, 6) is -1.22. The first-order valence-electron chi connectivity index (χ1n) is 35.0. The van der Waals surface area contributed by atoms with Gasteiger partial charge in [0.05, 0.1) is 25.4 Å². The first-order valence-corrected chi connectivity index (χ1v) is 35.0. The van der Waals surface area contributed by atoms with E-state index in [0.717, 1.165) is 109 Å². The van der Waals surface area contributed by atoms with Gasteiger partial charge in [0.2, 0.25) is 5.91 Å². The van der Waals surface area contributed by atoms with Crippen molar-refractivity contribution in [1.82, 2.24) is 5.32 Å². The topological polar surface area (TPSA) is 175 Å². The van der Waals surface area contributed by atoms with Crippen LogP contribution in [-0.2, 0) is 23.8 Å². The molecule has 490 valence electrons. The van der Waals surface area contributed by atoms with Crippen molar-refractivity contribution in [2.45, 2.75) is 346 Å². The van der Waals surface area contributed by atoms with Gasteiger partial charge >= 0.3 is 5.97 Å². The van der Waals surface area contributed by atoms with Gasteiger partial charge in [-0.2, -0.15) is 0 Å². The minimum Gasteiger partial charge on any atom is -0.454 e.